The smallest absolute Gasteiger partial charge is 0.226 e. The van der Waals surface area contributed by atoms with E-state index < -0.39 is 41.3 Å². The average molecular weight is 628 g/mol. The number of aliphatic hydroxyl groups is 2. The van der Waals surface area contributed by atoms with E-state index in [0.29, 0.717) is 17.0 Å². The van der Waals surface area contributed by atoms with Crippen LogP contribution < -0.4 is 4.90 Å². The van der Waals surface area contributed by atoms with Gasteiger partial charge < -0.3 is 39.1 Å². The highest BCUT2D eigenvalue weighted by molar-refractivity contribution is 7.63. The van der Waals surface area contributed by atoms with Crippen LogP contribution in [-0.4, -0.2) is 81.8 Å². The first-order chi connectivity index (χ1) is 19.7. The van der Waals surface area contributed by atoms with Crippen LogP contribution >= 0.6 is 28.4 Å². The number of unbranched alkanes of at least 4 members (excludes halogenated alkanes) is 1. The molecule has 2 aromatic heterocycles. The third-order valence-corrected chi connectivity index (χ3v) is 10.4. The molecule has 0 bridgehead atoms. The molecule has 1 fully saturated rings. The van der Waals surface area contributed by atoms with Gasteiger partial charge in [0.2, 0.25) is 5.28 Å². The molecule has 224 valence electrons. The van der Waals surface area contributed by atoms with Crippen molar-refractivity contribution in [3.05, 3.63) is 41.4 Å². The van der Waals surface area contributed by atoms with Crippen LogP contribution in [0.5, 0.6) is 0 Å². The summed E-state index contributed by atoms with van der Waals surface area (Å²) < 4.78 is 12.7. The van der Waals surface area contributed by atoms with Crippen LogP contribution in [0.2, 0.25) is 5.28 Å². The fraction of sp³-hybridized carbons (Fsp3) is 0.577. The van der Waals surface area contributed by atoms with Gasteiger partial charge in [0.25, 0.3) is 0 Å². The topological polar surface area (TPSA) is 166 Å². The molecule has 6 unspecified atom stereocenters. The first-order valence-corrected chi connectivity index (χ1v) is 16.9. The number of halogens is 1. The van der Waals surface area contributed by atoms with Crippen LogP contribution in [0.3, 0.4) is 0 Å². The quantitative estimate of drug-likeness (QED) is 0.145. The zero-order chi connectivity index (χ0) is 29.3. The number of nitrogens with zero attached hydrogens (tertiary/aromatic N) is 5. The lowest BCUT2D eigenvalue weighted by Crippen LogP contribution is -2.33. The number of imidazole rings is 1. The van der Waals surface area contributed by atoms with Crippen molar-refractivity contribution in [1.29, 1.82) is 0 Å². The third kappa shape index (κ3) is 6.10. The molecule has 0 amide bonds. The van der Waals surface area contributed by atoms with Gasteiger partial charge in [0.05, 0.1) is 18.8 Å². The zero-order valence-corrected chi connectivity index (χ0v) is 25.5. The molecule has 1 aromatic carbocycles. The van der Waals surface area contributed by atoms with Gasteiger partial charge in [0.15, 0.2) is 40.0 Å². The van der Waals surface area contributed by atoms with E-state index in [4.69, 9.17) is 30.6 Å². The van der Waals surface area contributed by atoms with Crippen molar-refractivity contribution in [3.8, 4) is 0 Å². The molecular weight excluding hydrogens is 592 g/mol. The summed E-state index contributed by atoms with van der Waals surface area (Å²) >= 11 is 6.47. The second-order valence-corrected chi connectivity index (χ2v) is 13.8. The Bertz CT molecular complexity index is 1350. The number of hydrogen-bond acceptors (Lipinski definition) is 11. The van der Waals surface area contributed by atoms with Gasteiger partial charge in [0, 0.05) is 17.6 Å². The SMILES string of the molecule is CCCCC1(CCC)CN(c2nc(Cl)nc3c2ncn3C2OC(COP(O)CP(O)O)C(O)C2O)c2ccccc21. The largest absolute Gasteiger partial charge is 0.387 e. The summed E-state index contributed by atoms with van der Waals surface area (Å²) in [5.41, 5.74) is 3.14. The number of aromatic nitrogens is 4. The molecule has 15 heteroatoms. The molecule has 2 aliphatic rings. The lowest BCUT2D eigenvalue weighted by Gasteiger charge is -2.30. The Hall–Kier alpha value is -1.56. The van der Waals surface area contributed by atoms with Crippen molar-refractivity contribution < 1.29 is 34.2 Å². The van der Waals surface area contributed by atoms with E-state index in [1.54, 1.807) is 0 Å². The fourth-order valence-electron chi connectivity index (χ4n) is 6.02. The first-order valence-electron chi connectivity index (χ1n) is 13.7. The van der Waals surface area contributed by atoms with E-state index in [0.717, 1.165) is 44.3 Å². The Morgan fingerprint density at radius 2 is 1.88 bits per heavy atom. The van der Waals surface area contributed by atoms with Gasteiger partial charge in [-0.25, -0.2) is 4.98 Å². The molecule has 2 aliphatic heterocycles. The zero-order valence-electron chi connectivity index (χ0n) is 22.9. The normalized spacial score (nSPS) is 26.8. The summed E-state index contributed by atoms with van der Waals surface area (Å²) in [6, 6.07) is 8.38. The van der Waals surface area contributed by atoms with Crippen LogP contribution in [0.25, 0.3) is 11.2 Å². The first kappa shape index (κ1) is 30.9. The van der Waals surface area contributed by atoms with Crippen molar-refractivity contribution in [3.63, 3.8) is 0 Å². The average Bonchev–Trinajstić information content (AvgIpc) is 3.59. The van der Waals surface area contributed by atoms with Crippen molar-refractivity contribution >= 4 is 51.0 Å². The van der Waals surface area contributed by atoms with Crippen LogP contribution in [0.1, 0.15) is 57.7 Å². The number of anilines is 2. The highest BCUT2D eigenvalue weighted by Gasteiger charge is 2.46. The number of hydrogen-bond donors (Lipinski definition) is 5. The highest BCUT2D eigenvalue weighted by Crippen LogP contribution is 2.50. The van der Waals surface area contributed by atoms with Crippen molar-refractivity contribution in [1.82, 2.24) is 19.5 Å². The Kier molecular flexibility index (Phi) is 9.77. The molecule has 4 heterocycles. The Morgan fingerprint density at radius 3 is 2.61 bits per heavy atom. The predicted octanol–water partition coefficient (Wildman–Crippen LogP) is 4.05. The Morgan fingerprint density at radius 1 is 1.10 bits per heavy atom. The number of aliphatic hydroxyl groups excluding tert-OH is 2. The van der Waals surface area contributed by atoms with Crippen LogP contribution in [0.15, 0.2) is 30.6 Å². The summed E-state index contributed by atoms with van der Waals surface area (Å²) in [7, 11) is -4.44. The second-order valence-electron chi connectivity index (χ2n) is 10.6. The molecule has 5 rings (SSSR count). The molecular formula is C26H36ClN5O7P2. The minimum absolute atomic E-state index is 0.0108. The second kappa shape index (κ2) is 13.0. The van der Waals surface area contributed by atoms with Crippen molar-refractivity contribution in [2.75, 3.05) is 24.0 Å². The lowest BCUT2D eigenvalue weighted by atomic mass is 9.74. The van der Waals surface area contributed by atoms with Gasteiger partial charge in [-0.1, -0.05) is 51.3 Å². The van der Waals surface area contributed by atoms with E-state index in [1.807, 2.05) is 6.07 Å². The molecule has 0 radical (unpaired) electrons. The van der Waals surface area contributed by atoms with E-state index in [1.165, 1.54) is 16.5 Å². The van der Waals surface area contributed by atoms with Gasteiger partial charge in [-0.3, -0.25) is 4.57 Å². The Balaban J connectivity index is 1.47. The maximum atomic E-state index is 10.9. The van der Waals surface area contributed by atoms with E-state index >= 15 is 0 Å². The molecule has 12 nitrogen and oxygen atoms in total. The van der Waals surface area contributed by atoms with Crippen molar-refractivity contribution in [2.24, 2.45) is 0 Å². The Labute approximate surface area is 245 Å². The van der Waals surface area contributed by atoms with Crippen LogP contribution in [-0.2, 0) is 14.7 Å². The van der Waals surface area contributed by atoms with Crippen LogP contribution in [0.4, 0.5) is 11.5 Å². The molecule has 3 aromatic rings. The van der Waals surface area contributed by atoms with Gasteiger partial charge in [-0.15, -0.1) is 0 Å². The number of rotatable bonds is 12. The maximum absolute atomic E-state index is 10.9. The molecule has 6 atom stereocenters. The van der Waals surface area contributed by atoms with Gasteiger partial charge in [-0.2, -0.15) is 9.97 Å². The number of ether oxygens (including phenoxy) is 1. The number of para-hydroxylation sites is 1. The summed E-state index contributed by atoms with van der Waals surface area (Å²) in [6.45, 7) is 4.88. The third-order valence-electron chi connectivity index (χ3n) is 7.84. The lowest BCUT2D eigenvalue weighted by molar-refractivity contribution is -0.0471. The van der Waals surface area contributed by atoms with Gasteiger partial charge in [0.1, 0.15) is 18.3 Å². The fourth-order valence-corrected chi connectivity index (χ4v) is 7.69. The maximum Gasteiger partial charge on any atom is 0.226 e. The number of benzene rings is 1. The molecule has 1 saturated heterocycles. The van der Waals surface area contributed by atoms with E-state index in [2.05, 4.69) is 51.9 Å². The van der Waals surface area contributed by atoms with Gasteiger partial charge in [-0.05, 0) is 36.1 Å². The van der Waals surface area contributed by atoms with E-state index in [-0.39, 0.29) is 23.2 Å². The standard InChI is InChI=1S/C26H36ClN5O7P2/c1-3-5-11-26(10-4-2)13-31(17-9-7-6-8-16(17)26)22-19-23(30-25(27)29-22)32(14-28-19)24-21(34)20(33)18(39-24)12-38-41(37)15-40(35)36/h6-9,14,18,20-21,24,33-37H,3-5,10-13,15H2,1-2H3. The van der Waals surface area contributed by atoms with Crippen molar-refractivity contribution in [2.45, 2.75) is 75.9 Å². The summed E-state index contributed by atoms with van der Waals surface area (Å²) in [4.78, 5) is 43.8. The summed E-state index contributed by atoms with van der Waals surface area (Å²) in [5, 5.41) is 21.5. The molecule has 41 heavy (non-hydrogen) atoms. The minimum atomic E-state index is -2.32. The predicted molar refractivity (Wildman–Crippen MR) is 157 cm³/mol. The van der Waals surface area contributed by atoms with E-state index in [9.17, 15) is 15.1 Å². The monoisotopic (exact) mass is 627 g/mol. The summed E-state index contributed by atoms with van der Waals surface area (Å²) in [5.74, 6) is 0.255. The molecule has 0 spiro atoms. The summed E-state index contributed by atoms with van der Waals surface area (Å²) in [6.07, 6.45) is 2.10. The number of fused-ring (bicyclic) bond motifs is 2. The molecule has 0 saturated carbocycles. The van der Waals surface area contributed by atoms with Crippen LogP contribution in [0, 0.1) is 0 Å². The minimum Gasteiger partial charge on any atom is -0.387 e. The van der Waals surface area contributed by atoms with Gasteiger partial charge >= 0.3 is 0 Å². The molecule has 5 N–H and O–H groups in total. The molecule has 0 aliphatic carbocycles. The highest BCUT2D eigenvalue weighted by atomic mass is 35.5.